The lowest BCUT2D eigenvalue weighted by molar-refractivity contribution is 0.203. The molecule has 1 aromatic rings. The van der Waals surface area contributed by atoms with Crippen LogP contribution in [0.1, 0.15) is 11.5 Å². The first-order valence-electron chi connectivity index (χ1n) is 4.57. The molecule has 0 atom stereocenters. The largest absolute Gasteiger partial charge is 0.394 e. The predicted octanol–water partition coefficient (Wildman–Crippen LogP) is 0.621. The van der Waals surface area contributed by atoms with Gasteiger partial charge in [-0.15, -0.1) is 0 Å². The molecule has 0 spiro atoms. The molecule has 0 fully saturated rings. The first-order valence-corrected chi connectivity index (χ1v) is 5.36. The first-order chi connectivity index (χ1) is 7.08. The molecule has 84 valence electrons. The molecule has 15 heavy (non-hydrogen) atoms. The Morgan fingerprint density at radius 3 is 2.40 bits per heavy atom. The Kier molecular flexibility index (Phi) is 4.44. The Labute approximate surface area is 96.7 Å². The molecule has 0 unspecified atom stereocenters. The Balaban J connectivity index is 2.93. The highest BCUT2D eigenvalue weighted by Gasteiger charge is 2.11. The molecule has 0 aliphatic rings. The maximum absolute atomic E-state index is 8.94. The number of aliphatic hydroxyl groups is 2. The summed E-state index contributed by atoms with van der Waals surface area (Å²) in [5, 5.41) is 20.8. The number of aliphatic hydroxyl groups excluding tert-OH is 2. The summed E-state index contributed by atoms with van der Waals surface area (Å²) in [6.45, 7) is 3.35. The highest BCUT2D eigenvalue weighted by atomic mass is 79.9. The quantitative estimate of drug-likeness (QED) is 0.751. The molecule has 0 saturated carbocycles. The smallest absolute Gasteiger partial charge is 0.144 e. The third-order valence-corrected chi connectivity index (χ3v) is 2.86. The van der Waals surface area contributed by atoms with Gasteiger partial charge in [-0.25, -0.2) is 9.97 Å². The molecule has 0 aliphatic heterocycles. The molecule has 0 bridgehead atoms. The zero-order valence-electron chi connectivity index (χ0n) is 8.66. The molecule has 0 saturated heterocycles. The fourth-order valence-corrected chi connectivity index (χ4v) is 1.43. The van der Waals surface area contributed by atoms with Crippen LogP contribution >= 0.6 is 15.9 Å². The van der Waals surface area contributed by atoms with E-state index >= 15 is 0 Å². The van der Waals surface area contributed by atoms with Crippen molar-refractivity contribution in [3.05, 3.63) is 16.0 Å². The van der Waals surface area contributed by atoms with Crippen molar-refractivity contribution in [3.8, 4) is 0 Å². The fraction of sp³-hybridized carbons (Fsp3) is 0.556. The highest BCUT2D eigenvalue weighted by Crippen LogP contribution is 2.23. The van der Waals surface area contributed by atoms with Gasteiger partial charge in [-0.05, 0) is 29.8 Å². The maximum atomic E-state index is 8.94. The molecule has 0 radical (unpaired) electrons. The first kappa shape index (κ1) is 12.4. The van der Waals surface area contributed by atoms with E-state index < -0.39 is 6.04 Å². The number of nitrogens with zero attached hydrogens (tertiary/aromatic N) is 2. The molecule has 1 aromatic heterocycles. The van der Waals surface area contributed by atoms with E-state index in [0.717, 1.165) is 10.2 Å². The summed E-state index contributed by atoms with van der Waals surface area (Å²) in [5.41, 5.74) is 0.819. The van der Waals surface area contributed by atoms with Crippen LogP contribution in [0.25, 0.3) is 0 Å². The van der Waals surface area contributed by atoms with Crippen molar-refractivity contribution < 1.29 is 10.2 Å². The Morgan fingerprint density at radius 1 is 1.27 bits per heavy atom. The van der Waals surface area contributed by atoms with Crippen LogP contribution in [0.4, 0.5) is 5.82 Å². The molecular weight excluding hydrogens is 262 g/mol. The summed E-state index contributed by atoms with van der Waals surface area (Å²) in [4.78, 5) is 8.35. The van der Waals surface area contributed by atoms with Gasteiger partial charge in [-0.2, -0.15) is 0 Å². The summed E-state index contributed by atoms with van der Waals surface area (Å²) >= 11 is 3.35. The Bertz CT molecular complexity index is 342. The zero-order valence-corrected chi connectivity index (χ0v) is 10.2. The van der Waals surface area contributed by atoms with Gasteiger partial charge in [0.15, 0.2) is 0 Å². The number of halogens is 1. The number of rotatable bonds is 4. The number of anilines is 1. The number of aromatic nitrogens is 2. The van der Waals surface area contributed by atoms with Gasteiger partial charge in [0.1, 0.15) is 11.6 Å². The molecule has 6 heteroatoms. The van der Waals surface area contributed by atoms with Crippen LogP contribution in [-0.4, -0.2) is 39.4 Å². The average Bonchev–Trinajstić information content (AvgIpc) is 2.21. The number of hydrogen-bond acceptors (Lipinski definition) is 5. The Hall–Kier alpha value is -0.720. The van der Waals surface area contributed by atoms with Crippen LogP contribution in [-0.2, 0) is 0 Å². The van der Waals surface area contributed by atoms with Crippen LogP contribution in [0, 0.1) is 13.8 Å². The van der Waals surface area contributed by atoms with Crippen molar-refractivity contribution in [1.29, 1.82) is 0 Å². The molecule has 0 aliphatic carbocycles. The monoisotopic (exact) mass is 275 g/mol. The predicted molar refractivity (Wildman–Crippen MR) is 60.8 cm³/mol. The van der Waals surface area contributed by atoms with Crippen molar-refractivity contribution in [2.45, 2.75) is 19.9 Å². The van der Waals surface area contributed by atoms with Crippen molar-refractivity contribution >= 4 is 21.7 Å². The molecule has 0 aromatic carbocycles. The van der Waals surface area contributed by atoms with Gasteiger partial charge in [-0.3, -0.25) is 0 Å². The van der Waals surface area contributed by atoms with Crippen molar-refractivity contribution in [2.24, 2.45) is 0 Å². The zero-order chi connectivity index (χ0) is 11.4. The average molecular weight is 276 g/mol. The van der Waals surface area contributed by atoms with Crippen molar-refractivity contribution in [2.75, 3.05) is 18.5 Å². The van der Waals surface area contributed by atoms with Gasteiger partial charge >= 0.3 is 0 Å². The van der Waals surface area contributed by atoms with Gasteiger partial charge < -0.3 is 15.5 Å². The fourth-order valence-electron chi connectivity index (χ4n) is 1.14. The summed E-state index contributed by atoms with van der Waals surface area (Å²) in [6, 6.07) is -0.407. The standard InChI is InChI=1S/C9H14BrN3O2/c1-5-8(10)9(12-6(2)11-5)13-7(3-14)4-15/h7,14-15H,3-4H2,1-2H3,(H,11,12,13). The second kappa shape index (κ2) is 5.39. The minimum absolute atomic E-state index is 0.148. The van der Waals surface area contributed by atoms with E-state index in [1.54, 1.807) is 6.92 Å². The van der Waals surface area contributed by atoms with E-state index in [0.29, 0.717) is 11.6 Å². The van der Waals surface area contributed by atoms with E-state index in [1.165, 1.54) is 0 Å². The van der Waals surface area contributed by atoms with Crippen molar-refractivity contribution in [3.63, 3.8) is 0 Å². The molecule has 1 rings (SSSR count). The highest BCUT2D eigenvalue weighted by molar-refractivity contribution is 9.10. The molecule has 0 amide bonds. The van der Waals surface area contributed by atoms with Gasteiger partial charge in [0.05, 0.1) is 29.4 Å². The summed E-state index contributed by atoms with van der Waals surface area (Å²) in [6.07, 6.45) is 0. The third kappa shape index (κ3) is 3.12. The van der Waals surface area contributed by atoms with E-state index in [-0.39, 0.29) is 13.2 Å². The normalized spacial score (nSPS) is 10.8. The van der Waals surface area contributed by atoms with Crippen LogP contribution in [0.5, 0.6) is 0 Å². The summed E-state index contributed by atoms with van der Waals surface area (Å²) < 4.78 is 0.750. The van der Waals surface area contributed by atoms with Gasteiger partial charge in [-0.1, -0.05) is 0 Å². The lowest BCUT2D eigenvalue weighted by atomic mass is 10.3. The van der Waals surface area contributed by atoms with Gasteiger partial charge in [0, 0.05) is 0 Å². The lowest BCUT2D eigenvalue weighted by Crippen LogP contribution is -2.28. The summed E-state index contributed by atoms with van der Waals surface area (Å²) in [7, 11) is 0. The number of hydrogen-bond donors (Lipinski definition) is 3. The number of nitrogens with one attached hydrogen (secondary N) is 1. The van der Waals surface area contributed by atoms with Crippen molar-refractivity contribution in [1.82, 2.24) is 9.97 Å². The second-order valence-electron chi connectivity index (χ2n) is 3.23. The minimum Gasteiger partial charge on any atom is -0.394 e. The van der Waals surface area contributed by atoms with E-state index in [2.05, 4.69) is 31.2 Å². The second-order valence-corrected chi connectivity index (χ2v) is 4.02. The van der Waals surface area contributed by atoms with Crippen LogP contribution in [0.15, 0.2) is 4.47 Å². The van der Waals surface area contributed by atoms with E-state index in [4.69, 9.17) is 10.2 Å². The lowest BCUT2D eigenvalue weighted by Gasteiger charge is -2.16. The molecule has 3 N–H and O–H groups in total. The van der Waals surface area contributed by atoms with Crippen LogP contribution < -0.4 is 5.32 Å². The SMILES string of the molecule is Cc1nc(C)c(Br)c(NC(CO)CO)n1. The minimum atomic E-state index is -0.407. The van der Waals surface area contributed by atoms with Crippen LogP contribution in [0.3, 0.4) is 0 Å². The van der Waals surface area contributed by atoms with E-state index in [1.807, 2.05) is 6.92 Å². The van der Waals surface area contributed by atoms with Gasteiger partial charge in [0.2, 0.25) is 0 Å². The third-order valence-electron chi connectivity index (χ3n) is 1.91. The van der Waals surface area contributed by atoms with Gasteiger partial charge in [0.25, 0.3) is 0 Å². The van der Waals surface area contributed by atoms with Crippen LogP contribution in [0.2, 0.25) is 0 Å². The topological polar surface area (TPSA) is 78.3 Å². The number of aryl methyl sites for hydroxylation is 2. The van der Waals surface area contributed by atoms with E-state index in [9.17, 15) is 0 Å². The molecule has 5 nitrogen and oxygen atoms in total. The Morgan fingerprint density at radius 2 is 1.87 bits per heavy atom. The maximum Gasteiger partial charge on any atom is 0.144 e. The summed E-state index contributed by atoms with van der Waals surface area (Å²) in [5.74, 6) is 1.24. The molecule has 1 heterocycles. The molecular formula is C9H14BrN3O2.